The number of ether oxygens (including phenoxy) is 1. The van der Waals surface area contributed by atoms with E-state index >= 15 is 0 Å². The fourth-order valence-electron chi connectivity index (χ4n) is 2.64. The van der Waals surface area contributed by atoms with Crippen LogP contribution in [0.1, 0.15) is 10.4 Å². The first kappa shape index (κ1) is 20.7. The molecule has 8 heteroatoms. The fraction of sp³-hybridized carbons (Fsp3) is 0.0952. The first-order chi connectivity index (χ1) is 13.8. The van der Waals surface area contributed by atoms with Crippen LogP contribution in [0.2, 0.25) is 5.02 Å². The fourth-order valence-corrected chi connectivity index (χ4v) is 4.02. The normalized spacial score (nSPS) is 11.0. The van der Waals surface area contributed by atoms with Gasteiger partial charge >= 0.3 is 0 Å². The molecule has 1 N–H and O–H groups in total. The van der Waals surface area contributed by atoms with E-state index in [4.69, 9.17) is 16.3 Å². The molecule has 0 spiro atoms. The van der Waals surface area contributed by atoms with Crippen molar-refractivity contribution < 1.29 is 17.9 Å². The van der Waals surface area contributed by atoms with Crippen LogP contribution in [0.5, 0.6) is 5.75 Å². The van der Waals surface area contributed by atoms with Crippen LogP contribution in [0.3, 0.4) is 0 Å². The minimum absolute atomic E-state index is 0.142. The minimum Gasteiger partial charge on any atom is -0.497 e. The van der Waals surface area contributed by atoms with Crippen molar-refractivity contribution >= 4 is 38.9 Å². The second kappa shape index (κ2) is 8.55. The molecule has 6 nitrogen and oxygen atoms in total. The highest BCUT2D eigenvalue weighted by atomic mass is 35.5. The van der Waals surface area contributed by atoms with E-state index in [2.05, 4.69) is 5.32 Å². The number of benzene rings is 3. The predicted molar refractivity (Wildman–Crippen MR) is 114 cm³/mol. The van der Waals surface area contributed by atoms with Crippen molar-refractivity contribution in [1.29, 1.82) is 0 Å². The summed E-state index contributed by atoms with van der Waals surface area (Å²) in [6.45, 7) is 0. The number of methoxy groups -OCH3 is 1. The molecule has 0 fully saturated rings. The zero-order valence-corrected chi connectivity index (χ0v) is 17.4. The van der Waals surface area contributed by atoms with Crippen LogP contribution in [0.4, 0.5) is 11.4 Å². The van der Waals surface area contributed by atoms with Gasteiger partial charge in [-0.05, 0) is 66.7 Å². The third-order valence-electron chi connectivity index (χ3n) is 4.29. The number of rotatable bonds is 6. The van der Waals surface area contributed by atoms with Crippen LogP contribution in [0.25, 0.3) is 0 Å². The van der Waals surface area contributed by atoms with Gasteiger partial charge in [0.25, 0.3) is 15.9 Å². The van der Waals surface area contributed by atoms with Crippen molar-refractivity contribution in [2.75, 3.05) is 23.8 Å². The Morgan fingerprint density at radius 2 is 1.66 bits per heavy atom. The number of sulfonamides is 1. The summed E-state index contributed by atoms with van der Waals surface area (Å²) < 4.78 is 31.9. The number of nitrogens with zero attached hydrogens (tertiary/aromatic N) is 1. The van der Waals surface area contributed by atoms with Crippen LogP contribution in [-0.2, 0) is 10.0 Å². The summed E-state index contributed by atoms with van der Waals surface area (Å²) in [5, 5.41) is 3.26. The Hall–Kier alpha value is -3.03. The number of anilines is 2. The average Bonchev–Trinajstić information content (AvgIpc) is 2.73. The van der Waals surface area contributed by atoms with E-state index in [0.717, 1.165) is 4.31 Å². The molecule has 0 aliphatic heterocycles. The zero-order chi connectivity index (χ0) is 21.0. The first-order valence-corrected chi connectivity index (χ1v) is 10.4. The predicted octanol–water partition coefficient (Wildman–Crippen LogP) is 4.43. The monoisotopic (exact) mass is 430 g/mol. The molecule has 0 atom stereocenters. The molecule has 3 aromatic carbocycles. The SMILES string of the molecule is COc1ccc(S(=O)(=O)N(C)c2ccc(C(=O)Nc3cccc(Cl)c3)cc2)cc1. The summed E-state index contributed by atoms with van der Waals surface area (Å²) in [7, 11) is -0.768. The number of halogens is 1. The molecule has 0 bridgehead atoms. The summed E-state index contributed by atoms with van der Waals surface area (Å²) in [6.07, 6.45) is 0. The summed E-state index contributed by atoms with van der Waals surface area (Å²) >= 11 is 5.92. The molecule has 0 aliphatic rings. The molecular formula is C21H19ClN2O4S. The number of nitrogens with one attached hydrogen (secondary N) is 1. The second-order valence-electron chi connectivity index (χ2n) is 6.16. The quantitative estimate of drug-likeness (QED) is 0.627. The molecule has 0 unspecified atom stereocenters. The van der Waals surface area contributed by atoms with Crippen molar-refractivity contribution in [3.05, 3.63) is 83.4 Å². The molecule has 3 aromatic rings. The molecule has 0 saturated heterocycles. The van der Waals surface area contributed by atoms with Gasteiger partial charge in [0.1, 0.15) is 5.75 Å². The third kappa shape index (κ3) is 4.70. The van der Waals surface area contributed by atoms with E-state index in [1.807, 2.05) is 0 Å². The van der Waals surface area contributed by atoms with Crippen LogP contribution < -0.4 is 14.4 Å². The smallest absolute Gasteiger partial charge is 0.264 e. The standard InChI is InChI=1S/C21H19ClN2O4S/c1-24(29(26,27)20-12-10-19(28-2)11-13-20)18-8-6-15(7-9-18)21(25)23-17-5-3-4-16(22)14-17/h3-14H,1-2H3,(H,23,25). The number of carbonyl (C=O) groups excluding carboxylic acids is 1. The lowest BCUT2D eigenvalue weighted by atomic mass is 10.2. The highest BCUT2D eigenvalue weighted by Gasteiger charge is 2.21. The Labute approximate surface area is 174 Å². The van der Waals surface area contributed by atoms with Gasteiger partial charge in [-0.1, -0.05) is 17.7 Å². The summed E-state index contributed by atoms with van der Waals surface area (Å²) in [4.78, 5) is 12.5. The Balaban J connectivity index is 1.76. The molecule has 150 valence electrons. The number of amides is 1. The Bertz CT molecular complexity index is 1110. The summed E-state index contributed by atoms with van der Waals surface area (Å²) in [5.74, 6) is 0.251. The first-order valence-electron chi connectivity index (χ1n) is 8.61. The molecule has 0 saturated carbocycles. The maximum Gasteiger partial charge on any atom is 0.264 e. The molecular weight excluding hydrogens is 412 g/mol. The van der Waals surface area contributed by atoms with Crippen molar-refractivity contribution in [2.45, 2.75) is 4.90 Å². The maximum atomic E-state index is 12.8. The van der Waals surface area contributed by atoms with E-state index in [1.165, 1.54) is 26.3 Å². The van der Waals surface area contributed by atoms with Gasteiger partial charge in [-0.15, -0.1) is 0 Å². The van der Waals surface area contributed by atoms with Crippen molar-refractivity contribution in [3.8, 4) is 5.75 Å². The molecule has 3 rings (SSSR count). The van der Waals surface area contributed by atoms with Gasteiger partial charge in [0.15, 0.2) is 0 Å². The topological polar surface area (TPSA) is 75.7 Å². The van der Waals surface area contributed by atoms with Gasteiger partial charge < -0.3 is 10.1 Å². The van der Waals surface area contributed by atoms with E-state index in [0.29, 0.717) is 27.7 Å². The number of hydrogen-bond acceptors (Lipinski definition) is 4. The molecule has 0 heterocycles. The van der Waals surface area contributed by atoms with Crippen molar-refractivity contribution in [2.24, 2.45) is 0 Å². The molecule has 0 aromatic heterocycles. The number of hydrogen-bond donors (Lipinski definition) is 1. The van der Waals surface area contributed by atoms with Gasteiger partial charge in [0.2, 0.25) is 0 Å². The Morgan fingerprint density at radius 3 is 2.24 bits per heavy atom. The Morgan fingerprint density at radius 1 is 1.00 bits per heavy atom. The summed E-state index contributed by atoms with van der Waals surface area (Å²) in [6, 6.07) is 19.2. The van der Waals surface area contributed by atoms with Gasteiger partial charge in [0, 0.05) is 23.3 Å². The lowest BCUT2D eigenvalue weighted by Gasteiger charge is -2.20. The summed E-state index contributed by atoms with van der Waals surface area (Å²) in [5.41, 5.74) is 1.40. The van der Waals surface area contributed by atoms with Gasteiger partial charge in [-0.2, -0.15) is 0 Å². The molecule has 0 radical (unpaired) electrons. The molecule has 29 heavy (non-hydrogen) atoms. The molecule has 0 aliphatic carbocycles. The van der Waals surface area contributed by atoms with Crippen LogP contribution in [0.15, 0.2) is 77.7 Å². The lowest BCUT2D eigenvalue weighted by molar-refractivity contribution is 0.102. The van der Waals surface area contributed by atoms with E-state index in [9.17, 15) is 13.2 Å². The Kier molecular flexibility index (Phi) is 6.10. The lowest BCUT2D eigenvalue weighted by Crippen LogP contribution is -2.26. The number of carbonyl (C=O) groups is 1. The maximum absolute atomic E-state index is 12.8. The minimum atomic E-state index is -3.74. The van der Waals surface area contributed by atoms with Gasteiger partial charge in [-0.3, -0.25) is 9.10 Å². The second-order valence-corrected chi connectivity index (χ2v) is 8.57. The van der Waals surface area contributed by atoms with E-state index in [-0.39, 0.29) is 10.8 Å². The zero-order valence-electron chi connectivity index (χ0n) is 15.8. The van der Waals surface area contributed by atoms with E-state index in [1.54, 1.807) is 60.7 Å². The van der Waals surface area contributed by atoms with Crippen molar-refractivity contribution in [3.63, 3.8) is 0 Å². The highest BCUT2D eigenvalue weighted by molar-refractivity contribution is 7.92. The third-order valence-corrected chi connectivity index (χ3v) is 6.33. The average molecular weight is 431 g/mol. The van der Waals surface area contributed by atoms with Gasteiger partial charge in [-0.25, -0.2) is 8.42 Å². The van der Waals surface area contributed by atoms with Crippen LogP contribution >= 0.6 is 11.6 Å². The molecule has 1 amide bonds. The van der Waals surface area contributed by atoms with Crippen molar-refractivity contribution in [1.82, 2.24) is 0 Å². The van der Waals surface area contributed by atoms with Crippen LogP contribution in [0, 0.1) is 0 Å². The van der Waals surface area contributed by atoms with Crippen LogP contribution in [-0.4, -0.2) is 28.5 Å². The largest absolute Gasteiger partial charge is 0.497 e. The van der Waals surface area contributed by atoms with E-state index < -0.39 is 10.0 Å². The highest BCUT2D eigenvalue weighted by Crippen LogP contribution is 2.24. The van der Waals surface area contributed by atoms with Gasteiger partial charge in [0.05, 0.1) is 17.7 Å².